The van der Waals surface area contributed by atoms with Gasteiger partial charge in [-0.1, -0.05) is 44.1 Å². The van der Waals surface area contributed by atoms with Crippen LogP contribution in [0.4, 0.5) is 4.39 Å². The Labute approximate surface area is 168 Å². The number of aliphatic hydroxyl groups is 2. The van der Waals surface area contributed by atoms with Crippen molar-refractivity contribution in [3.8, 4) is 0 Å². The van der Waals surface area contributed by atoms with Gasteiger partial charge in [0.05, 0.1) is 12.2 Å². The van der Waals surface area contributed by atoms with Gasteiger partial charge in [-0.05, 0) is 50.4 Å². The fraction of sp³-hybridized carbons (Fsp3) is 0.783. The molecule has 0 aromatic heterocycles. The number of aliphatic hydroxyl groups excluding tert-OH is 2. The van der Waals surface area contributed by atoms with E-state index in [4.69, 9.17) is 5.11 Å². The summed E-state index contributed by atoms with van der Waals surface area (Å²) in [5.41, 5.74) is 0.0636. The number of carboxylic acids is 1. The Morgan fingerprint density at radius 1 is 1.29 bits per heavy atom. The molecule has 3 N–H and O–H groups in total. The summed E-state index contributed by atoms with van der Waals surface area (Å²) in [6, 6.07) is 0. The number of carboxylic acid groups (broad SMARTS) is 1. The van der Waals surface area contributed by atoms with E-state index in [0.29, 0.717) is 25.7 Å². The van der Waals surface area contributed by atoms with Crippen LogP contribution in [-0.4, -0.2) is 39.7 Å². The van der Waals surface area contributed by atoms with Crippen molar-refractivity contribution in [2.24, 2.45) is 17.3 Å². The Balaban J connectivity index is 1.84. The smallest absolute Gasteiger partial charge is 0.303 e. The summed E-state index contributed by atoms with van der Waals surface area (Å²) < 4.78 is 14.4. The normalized spacial score (nSPS) is 30.7. The van der Waals surface area contributed by atoms with Crippen LogP contribution in [0.3, 0.4) is 0 Å². The molecule has 5 atom stereocenters. The highest BCUT2D eigenvalue weighted by molar-refractivity contribution is 5.66. The van der Waals surface area contributed by atoms with Crippen LogP contribution in [0.25, 0.3) is 0 Å². The van der Waals surface area contributed by atoms with Crippen molar-refractivity contribution >= 4 is 5.97 Å². The summed E-state index contributed by atoms with van der Waals surface area (Å²) in [4.78, 5) is 10.5. The van der Waals surface area contributed by atoms with Gasteiger partial charge in [0, 0.05) is 24.7 Å². The van der Waals surface area contributed by atoms with Crippen molar-refractivity contribution < 1.29 is 24.5 Å². The second-order valence-electron chi connectivity index (χ2n) is 8.70. The van der Waals surface area contributed by atoms with Crippen molar-refractivity contribution in [2.45, 2.75) is 95.9 Å². The van der Waals surface area contributed by atoms with Gasteiger partial charge in [0.15, 0.2) is 0 Å². The van der Waals surface area contributed by atoms with Gasteiger partial charge in [0.25, 0.3) is 0 Å². The third-order valence-electron chi connectivity index (χ3n) is 6.73. The molecule has 2 aliphatic rings. The first-order valence-corrected chi connectivity index (χ1v) is 10.9. The van der Waals surface area contributed by atoms with Crippen LogP contribution >= 0.6 is 0 Å². The van der Waals surface area contributed by atoms with Crippen LogP contribution in [0.15, 0.2) is 24.3 Å². The molecule has 5 heteroatoms. The van der Waals surface area contributed by atoms with Crippen LogP contribution in [0.5, 0.6) is 0 Å². The maximum atomic E-state index is 14.4. The van der Waals surface area contributed by atoms with Crippen molar-refractivity contribution in [1.29, 1.82) is 0 Å². The Bertz CT molecular complexity index is 541. The Kier molecular flexibility index (Phi) is 9.16. The summed E-state index contributed by atoms with van der Waals surface area (Å²) in [7, 11) is 0. The molecule has 4 nitrogen and oxygen atoms in total. The number of aliphatic carboxylic acids is 1. The predicted molar refractivity (Wildman–Crippen MR) is 109 cm³/mol. The largest absolute Gasteiger partial charge is 0.481 e. The van der Waals surface area contributed by atoms with Gasteiger partial charge in [-0.2, -0.15) is 0 Å². The van der Waals surface area contributed by atoms with Gasteiger partial charge in [-0.15, -0.1) is 0 Å². The van der Waals surface area contributed by atoms with E-state index in [1.165, 1.54) is 6.42 Å². The second-order valence-corrected chi connectivity index (χ2v) is 8.70. The number of halogens is 1. The maximum absolute atomic E-state index is 14.4. The molecule has 2 rings (SSSR count). The molecule has 28 heavy (non-hydrogen) atoms. The molecule has 0 saturated heterocycles. The van der Waals surface area contributed by atoms with Crippen LogP contribution in [-0.2, 0) is 4.79 Å². The topological polar surface area (TPSA) is 77.8 Å². The van der Waals surface area contributed by atoms with Crippen molar-refractivity contribution in [2.75, 3.05) is 0 Å². The average Bonchev–Trinajstić information content (AvgIpc) is 2.87. The van der Waals surface area contributed by atoms with E-state index < -0.39 is 18.2 Å². The molecule has 1 unspecified atom stereocenters. The standard InChI is InChI=1S/C23H37FO4/c1-2-13-23(14-8-15-23)21(26)11-7-10-18-17(19(24)16-20(18)25)9-5-3-4-6-12-22(27)28/h3,5,7,10,17-21,25-26H,2,4,6,8-9,11-16H2,1H3,(H,27,28)/t17-,18-,19+,20-,21?/m1/s1. The van der Waals surface area contributed by atoms with Gasteiger partial charge >= 0.3 is 5.97 Å². The molecule has 0 aromatic rings. The third kappa shape index (κ3) is 6.15. The molecule has 160 valence electrons. The van der Waals surface area contributed by atoms with Crippen LogP contribution in [0, 0.1) is 17.3 Å². The first kappa shape index (κ1) is 23.1. The summed E-state index contributed by atoms with van der Waals surface area (Å²) >= 11 is 0. The molecule has 2 aliphatic carbocycles. The van der Waals surface area contributed by atoms with E-state index in [1.807, 2.05) is 24.3 Å². The summed E-state index contributed by atoms with van der Waals surface area (Å²) in [5.74, 6) is -1.28. The highest BCUT2D eigenvalue weighted by atomic mass is 19.1. The van der Waals surface area contributed by atoms with E-state index in [-0.39, 0.29) is 36.2 Å². The number of alkyl halides is 1. The minimum Gasteiger partial charge on any atom is -0.481 e. The molecule has 2 saturated carbocycles. The van der Waals surface area contributed by atoms with E-state index >= 15 is 0 Å². The number of hydrogen-bond donors (Lipinski definition) is 3. The number of hydrogen-bond acceptors (Lipinski definition) is 3. The lowest BCUT2D eigenvalue weighted by atomic mass is 9.62. The lowest BCUT2D eigenvalue weighted by molar-refractivity contribution is -0.137. The number of carbonyl (C=O) groups is 1. The Morgan fingerprint density at radius 2 is 2.04 bits per heavy atom. The predicted octanol–water partition coefficient (Wildman–Crippen LogP) is 4.80. The fourth-order valence-corrected chi connectivity index (χ4v) is 4.90. The van der Waals surface area contributed by atoms with Gasteiger partial charge in [0.2, 0.25) is 0 Å². The van der Waals surface area contributed by atoms with E-state index in [2.05, 4.69) is 6.92 Å². The highest BCUT2D eigenvalue weighted by Gasteiger charge is 2.42. The first-order valence-electron chi connectivity index (χ1n) is 10.9. The lowest BCUT2D eigenvalue weighted by Gasteiger charge is -2.45. The van der Waals surface area contributed by atoms with Crippen LogP contribution in [0.2, 0.25) is 0 Å². The van der Waals surface area contributed by atoms with Crippen LogP contribution in [0.1, 0.15) is 77.6 Å². The molecule has 0 amide bonds. The molecule has 0 aliphatic heterocycles. The highest BCUT2D eigenvalue weighted by Crippen LogP contribution is 2.48. The van der Waals surface area contributed by atoms with Gasteiger partial charge < -0.3 is 15.3 Å². The summed E-state index contributed by atoms with van der Waals surface area (Å²) in [5, 5.41) is 29.5. The van der Waals surface area contributed by atoms with Crippen molar-refractivity contribution in [3.05, 3.63) is 24.3 Å². The average molecular weight is 397 g/mol. The van der Waals surface area contributed by atoms with Gasteiger partial charge in [0.1, 0.15) is 6.17 Å². The molecule has 0 heterocycles. The molecule has 2 fully saturated rings. The molecule has 0 aromatic carbocycles. The van der Waals surface area contributed by atoms with Gasteiger partial charge in [-0.25, -0.2) is 4.39 Å². The second kappa shape index (κ2) is 11.1. The zero-order chi connectivity index (χ0) is 20.6. The Morgan fingerprint density at radius 3 is 2.64 bits per heavy atom. The third-order valence-corrected chi connectivity index (χ3v) is 6.73. The van der Waals surface area contributed by atoms with E-state index in [9.17, 15) is 19.4 Å². The van der Waals surface area contributed by atoms with Gasteiger partial charge in [-0.3, -0.25) is 4.79 Å². The zero-order valence-electron chi connectivity index (χ0n) is 17.1. The lowest BCUT2D eigenvalue weighted by Crippen LogP contribution is -2.41. The van der Waals surface area contributed by atoms with E-state index in [0.717, 1.165) is 25.7 Å². The molecule has 0 bridgehead atoms. The monoisotopic (exact) mass is 396 g/mol. The summed E-state index contributed by atoms with van der Waals surface area (Å²) in [6.45, 7) is 2.15. The molecular weight excluding hydrogens is 359 g/mol. The quantitative estimate of drug-likeness (QED) is 0.327. The van der Waals surface area contributed by atoms with Crippen molar-refractivity contribution in [3.63, 3.8) is 0 Å². The number of unbranched alkanes of at least 4 members (excludes halogenated alkanes) is 1. The van der Waals surface area contributed by atoms with E-state index in [1.54, 1.807) is 0 Å². The van der Waals surface area contributed by atoms with Crippen LogP contribution < -0.4 is 0 Å². The molecule has 0 spiro atoms. The minimum absolute atomic E-state index is 0.0636. The SMILES string of the molecule is CCCC1(C(O)CC=C[C@@H]2[C@@H](CC=CCCCC(=O)O)[C@@H](F)C[C@H]2O)CCC1. The zero-order valence-corrected chi connectivity index (χ0v) is 17.1. The fourth-order valence-electron chi connectivity index (χ4n) is 4.90. The number of allylic oxidation sites excluding steroid dienone is 2. The maximum Gasteiger partial charge on any atom is 0.303 e. The molecule has 0 radical (unpaired) electrons. The Hall–Kier alpha value is -1.20. The van der Waals surface area contributed by atoms with Crippen molar-refractivity contribution in [1.82, 2.24) is 0 Å². The molecular formula is C23H37FO4. The minimum atomic E-state index is -1.03. The summed E-state index contributed by atoms with van der Waals surface area (Å²) in [6.07, 6.45) is 13.8. The number of rotatable bonds is 12. The first-order chi connectivity index (χ1) is 13.4.